The number of hydrogen-bond donors (Lipinski definition) is 4. The summed E-state index contributed by atoms with van der Waals surface area (Å²) in [4.78, 5) is 65.6. The van der Waals surface area contributed by atoms with Gasteiger partial charge in [-0.2, -0.15) is 0 Å². The second kappa shape index (κ2) is 25.3. The molecule has 1 rings (SSSR count). The van der Waals surface area contributed by atoms with Gasteiger partial charge in [0.2, 0.25) is 29.5 Å². The summed E-state index contributed by atoms with van der Waals surface area (Å²) in [5.41, 5.74) is 0. The van der Waals surface area contributed by atoms with Crippen LogP contribution in [0.25, 0.3) is 0 Å². The van der Waals surface area contributed by atoms with Crippen molar-refractivity contribution in [3.05, 3.63) is 12.2 Å². The van der Waals surface area contributed by atoms with Crippen molar-refractivity contribution in [3.63, 3.8) is 0 Å². The van der Waals surface area contributed by atoms with Crippen LogP contribution in [0.4, 0.5) is 0 Å². The number of carbonyl (C=O) groups is 5. The average molecular weight is 662 g/mol. The second-order valence-electron chi connectivity index (χ2n) is 13.6. The highest BCUT2D eigenvalue weighted by Crippen LogP contribution is 2.19. The van der Waals surface area contributed by atoms with Crippen LogP contribution in [0.2, 0.25) is 0 Å². The zero-order valence-electron chi connectivity index (χ0n) is 30.5. The van der Waals surface area contributed by atoms with Gasteiger partial charge in [0.25, 0.3) is 0 Å². The fourth-order valence-corrected chi connectivity index (χ4v) is 5.90. The van der Waals surface area contributed by atoms with Crippen molar-refractivity contribution in [1.82, 2.24) is 26.2 Å². The average Bonchev–Trinajstić information content (AvgIpc) is 3.52. The Morgan fingerprint density at radius 3 is 1.91 bits per heavy atom. The molecule has 5 amide bonds. The first-order valence-electron chi connectivity index (χ1n) is 18.7. The van der Waals surface area contributed by atoms with E-state index < -0.39 is 41.9 Å². The maximum Gasteiger partial charge on any atom is 0.249 e. The largest absolute Gasteiger partial charge is 0.345 e. The third kappa shape index (κ3) is 17.8. The van der Waals surface area contributed by atoms with E-state index in [0.29, 0.717) is 32.4 Å². The fraction of sp³-hybridized carbons (Fsp3) is 0.811. The Labute approximate surface area is 285 Å². The SMILES string of the molecule is CCCCCCCC/C=C\CCCCCCCC(=O)N[C@@H](C)C(=O)N[C@@H](C)C(=O)N1CCC[C@H]1C(=O)NC(=O)[C@@H](NCCC)C(C)C. The molecule has 0 saturated carbocycles. The van der Waals surface area contributed by atoms with Crippen LogP contribution < -0.4 is 21.3 Å². The fourth-order valence-electron chi connectivity index (χ4n) is 5.90. The molecule has 0 radical (unpaired) electrons. The van der Waals surface area contributed by atoms with Crippen LogP contribution >= 0.6 is 0 Å². The summed E-state index contributed by atoms with van der Waals surface area (Å²) in [6.45, 7) is 12.3. The molecular formula is C37H67N5O5. The summed E-state index contributed by atoms with van der Waals surface area (Å²) in [6.07, 6.45) is 22.4. The highest BCUT2D eigenvalue weighted by Gasteiger charge is 2.38. The normalized spacial score (nSPS) is 16.7. The van der Waals surface area contributed by atoms with Crippen LogP contribution in [-0.4, -0.2) is 71.7 Å². The standard InChI is InChI=1S/C37H67N5O5/c1-7-9-10-11-12-13-14-15-16-17-18-19-20-21-22-25-32(43)39-29(5)34(44)40-30(6)37(47)42-27-23-24-31(42)35(45)41-36(46)33(28(3)4)38-26-8-2/h15-16,28-31,33,38H,7-14,17-27H2,1-6H3,(H,39,43)(H,40,44)(H,41,45,46)/b16-15-/t29-,30-,31-,33-/m0/s1. The molecule has 0 unspecified atom stereocenters. The number of amides is 5. The van der Waals surface area contributed by atoms with Gasteiger partial charge in [0, 0.05) is 13.0 Å². The lowest BCUT2D eigenvalue weighted by Crippen LogP contribution is -2.57. The molecule has 1 aliphatic rings. The Morgan fingerprint density at radius 2 is 1.32 bits per heavy atom. The van der Waals surface area contributed by atoms with Crippen molar-refractivity contribution in [2.75, 3.05) is 13.1 Å². The van der Waals surface area contributed by atoms with Gasteiger partial charge in [-0.15, -0.1) is 0 Å². The number of nitrogens with zero attached hydrogens (tertiary/aromatic N) is 1. The van der Waals surface area contributed by atoms with Crippen molar-refractivity contribution in [2.24, 2.45) is 5.92 Å². The van der Waals surface area contributed by atoms with Crippen LogP contribution in [-0.2, 0) is 24.0 Å². The summed E-state index contributed by atoms with van der Waals surface area (Å²) in [7, 11) is 0. The smallest absolute Gasteiger partial charge is 0.249 e. The molecule has 0 bridgehead atoms. The first-order valence-corrected chi connectivity index (χ1v) is 18.7. The first-order chi connectivity index (χ1) is 22.5. The third-order valence-electron chi connectivity index (χ3n) is 8.81. The summed E-state index contributed by atoms with van der Waals surface area (Å²) in [5.74, 6) is -1.93. The van der Waals surface area contributed by atoms with Crippen molar-refractivity contribution >= 4 is 29.5 Å². The van der Waals surface area contributed by atoms with Gasteiger partial charge < -0.3 is 20.9 Å². The van der Waals surface area contributed by atoms with Gasteiger partial charge in [0.05, 0.1) is 6.04 Å². The maximum absolute atomic E-state index is 13.2. The molecule has 1 aliphatic heterocycles. The zero-order valence-corrected chi connectivity index (χ0v) is 30.5. The minimum absolute atomic E-state index is 0.00435. The van der Waals surface area contributed by atoms with Gasteiger partial charge in [0.1, 0.15) is 18.1 Å². The van der Waals surface area contributed by atoms with E-state index in [1.54, 1.807) is 13.8 Å². The van der Waals surface area contributed by atoms with Gasteiger partial charge in [-0.25, -0.2) is 0 Å². The quantitative estimate of drug-likeness (QED) is 0.0733. The van der Waals surface area contributed by atoms with Crippen molar-refractivity contribution in [2.45, 2.75) is 175 Å². The van der Waals surface area contributed by atoms with E-state index in [1.165, 1.54) is 56.3 Å². The third-order valence-corrected chi connectivity index (χ3v) is 8.81. The Bertz CT molecular complexity index is 969. The van der Waals surface area contributed by atoms with Crippen molar-refractivity contribution in [3.8, 4) is 0 Å². The molecule has 0 aromatic carbocycles. The Balaban J connectivity index is 2.32. The lowest BCUT2D eigenvalue weighted by atomic mass is 10.0. The van der Waals surface area contributed by atoms with Gasteiger partial charge in [-0.05, 0) is 77.7 Å². The van der Waals surface area contributed by atoms with Crippen molar-refractivity contribution < 1.29 is 24.0 Å². The number of rotatable bonds is 25. The van der Waals surface area contributed by atoms with Gasteiger partial charge in [-0.3, -0.25) is 29.3 Å². The lowest BCUT2D eigenvalue weighted by Gasteiger charge is -2.28. The van der Waals surface area contributed by atoms with E-state index in [-0.39, 0.29) is 17.7 Å². The van der Waals surface area contributed by atoms with E-state index in [4.69, 9.17) is 0 Å². The molecule has 4 N–H and O–H groups in total. The molecule has 1 saturated heterocycles. The topological polar surface area (TPSA) is 137 Å². The highest BCUT2D eigenvalue weighted by atomic mass is 16.2. The summed E-state index contributed by atoms with van der Waals surface area (Å²) < 4.78 is 0. The predicted molar refractivity (Wildman–Crippen MR) is 189 cm³/mol. The van der Waals surface area contributed by atoms with Crippen molar-refractivity contribution in [1.29, 1.82) is 0 Å². The molecule has 47 heavy (non-hydrogen) atoms. The van der Waals surface area contributed by atoms with E-state index in [1.807, 2.05) is 20.8 Å². The van der Waals surface area contributed by atoms with Gasteiger partial charge in [-0.1, -0.05) is 91.2 Å². The molecule has 4 atom stereocenters. The van der Waals surface area contributed by atoms with Crippen LogP contribution in [0.3, 0.4) is 0 Å². The van der Waals surface area contributed by atoms with Gasteiger partial charge >= 0.3 is 0 Å². The highest BCUT2D eigenvalue weighted by molar-refractivity contribution is 6.02. The number of likely N-dealkylation sites (tertiary alicyclic amines) is 1. The molecule has 10 nitrogen and oxygen atoms in total. The van der Waals surface area contributed by atoms with Crippen LogP contribution in [0.15, 0.2) is 12.2 Å². The minimum Gasteiger partial charge on any atom is -0.345 e. The first kappa shape index (κ1) is 42.3. The van der Waals surface area contributed by atoms with E-state index in [9.17, 15) is 24.0 Å². The van der Waals surface area contributed by atoms with Crippen LogP contribution in [0.1, 0.15) is 151 Å². The Hall–Kier alpha value is -2.75. The van der Waals surface area contributed by atoms with Gasteiger partial charge in [0.15, 0.2) is 0 Å². The number of carbonyl (C=O) groups excluding carboxylic acids is 5. The second-order valence-corrected chi connectivity index (χ2v) is 13.6. The zero-order chi connectivity index (χ0) is 35.0. The predicted octanol–water partition coefficient (Wildman–Crippen LogP) is 5.69. The lowest BCUT2D eigenvalue weighted by molar-refractivity contribution is -0.143. The molecule has 10 heteroatoms. The van der Waals surface area contributed by atoms with Crippen LogP contribution in [0.5, 0.6) is 0 Å². The van der Waals surface area contributed by atoms with E-state index in [2.05, 4.69) is 40.3 Å². The van der Waals surface area contributed by atoms with E-state index >= 15 is 0 Å². The Morgan fingerprint density at radius 1 is 0.723 bits per heavy atom. The summed E-state index contributed by atoms with van der Waals surface area (Å²) in [6, 6.07) is -2.95. The Kier molecular flexibility index (Phi) is 22.7. The molecule has 0 aromatic heterocycles. The monoisotopic (exact) mass is 662 g/mol. The number of imide groups is 1. The molecule has 0 spiro atoms. The number of allylic oxidation sites excluding steroid dienone is 2. The molecular weight excluding hydrogens is 594 g/mol. The number of nitrogens with one attached hydrogen (secondary N) is 4. The number of hydrogen-bond acceptors (Lipinski definition) is 6. The molecule has 1 heterocycles. The maximum atomic E-state index is 13.2. The summed E-state index contributed by atoms with van der Waals surface area (Å²) >= 11 is 0. The summed E-state index contributed by atoms with van der Waals surface area (Å²) in [5, 5.41) is 11.1. The molecule has 270 valence electrons. The minimum atomic E-state index is -0.883. The molecule has 0 aromatic rings. The van der Waals surface area contributed by atoms with Crippen LogP contribution in [0, 0.1) is 5.92 Å². The number of unbranched alkanes of at least 4 members (excludes halogenated alkanes) is 11. The molecule has 0 aliphatic carbocycles. The molecule has 1 fully saturated rings. The van der Waals surface area contributed by atoms with E-state index in [0.717, 1.165) is 38.5 Å².